The molecule has 2 heteroatoms. The van der Waals surface area contributed by atoms with E-state index >= 15 is 0 Å². The van der Waals surface area contributed by atoms with Crippen molar-refractivity contribution in [3.8, 4) is 0 Å². The number of aliphatic hydroxyl groups excluding tert-OH is 1. The van der Waals surface area contributed by atoms with Crippen LogP contribution in [-0.4, -0.2) is 23.2 Å². The van der Waals surface area contributed by atoms with Crippen LogP contribution in [0.25, 0.3) is 0 Å². The standard InChI is InChI=1S/C22H31NO/c1-17(2)21-9-5-19(6-10-21)15-23(13-14-24)16-20-7-11-22(12-8-20)18(3)4/h5-12,17-18,24H,13-16H2,1-4H3. The Kier molecular flexibility index (Phi) is 7.01. The lowest BCUT2D eigenvalue weighted by molar-refractivity contribution is 0.184. The highest BCUT2D eigenvalue weighted by Crippen LogP contribution is 2.18. The van der Waals surface area contributed by atoms with Gasteiger partial charge in [-0.25, -0.2) is 0 Å². The highest BCUT2D eigenvalue weighted by Gasteiger charge is 2.08. The summed E-state index contributed by atoms with van der Waals surface area (Å²) < 4.78 is 0. The molecule has 0 fully saturated rings. The quantitative estimate of drug-likeness (QED) is 0.744. The monoisotopic (exact) mass is 325 g/mol. The van der Waals surface area contributed by atoms with Gasteiger partial charge in [-0.05, 0) is 34.1 Å². The maximum Gasteiger partial charge on any atom is 0.0558 e. The third-order valence-corrected chi connectivity index (χ3v) is 4.52. The summed E-state index contributed by atoms with van der Waals surface area (Å²) >= 11 is 0. The topological polar surface area (TPSA) is 23.5 Å². The molecule has 0 atom stereocenters. The Hall–Kier alpha value is -1.64. The van der Waals surface area contributed by atoms with Crippen molar-refractivity contribution < 1.29 is 5.11 Å². The molecule has 0 amide bonds. The molecule has 0 radical (unpaired) electrons. The van der Waals surface area contributed by atoms with Gasteiger partial charge < -0.3 is 5.11 Å². The molecule has 0 aliphatic heterocycles. The van der Waals surface area contributed by atoms with E-state index in [1.165, 1.54) is 22.3 Å². The van der Waals surface area contributed by atoms with Crippen LogP contribution in [0.5, 0.6) is 0 Å². The molecule has 2 aromatic carbocycles. The zero-order valence-electron chi connectivity index (χ0n) is 15.5. The van der Waals surface area contributed by atoms with Crippen molar-refractivity contribution in [2.24, 2.45) is 0 Å². The summed E-state index contributed by atoms with van der Waals surface area (Å²) in [5, 5.41) is 9.38. The van der Waals surface area contributed by atoms with Crippen LogP contribution in [0.4, 0.5) is 0 Å². The van der Waals surface area contributed by atoms with Crippen molar-refractivity contribution in [3.05, 3.63) is 70.8 Å². The lowest BCUT2D eigenvalue weighted by Gasteiger charge is -2.22. The van der Waals surface area contributed by atoms with E-state index in [9.17, 15) is 5.11 Å². The first-order valence-electron chi connectivity index (χ1n) is 9.00. The molecule has 0 saturated heterocycles. The summed E-state index contributed by atoms with van der Waals surface area (Å²) in [5.41, 5.74) is 5.34. The third-order valence-electron chi connectivity index (χ3n) is 4.52. The fourth-order valence-electron chi connectivity index (χ4n) is 2.89. The second-order valence-electron chi connectivity index (χ2n) is 7.23. The highest BCUT2D eigenvalue weighted by molar-refractivity contribution is 5.26. The maximum atomic E-state index is 9.38. The predicted octanol–water partition coefficient (Wildman–Crippen LogP) is 4.93. The molecule has 0 aliphatic carbocycles. The minimum absolute atomic E-state index is 0.189. The van der Waals surface area contributed by atoms with Crippen LogP contribution in [0, 0.1) is 0 Å². The van der Waals surface area contributed by atoms with Crippen molar-refractivity contribution in [2.75, 3.05) is 13.2 Å². The molecule has 0 aromatic heterocycles. The molecule has 24 heavy (non-hydrogen) atoms. The summed E-state index contributed by atoms with van der Waals surface area (Å²) in [4.78, 5) is 2.30. The SMILES string of the molecule is CC(C)c1ccc(CN(CCO)Cc2ccc(C(C)C)cc2)cc1. The summed E-state index contributed by atoms with van der Waals surface area (Å²) in [6, 6.07) is 17.7. The molecule has 130 valence electrons. The molecule has 0 spiro atoms. The zero-order chi connectivity index (χ0) is 17.5. The molecule has 0 bridgehead atoms. The van der Waals surface area contributed by atoms with Crippen molar-refractivity contribution in [1.29, 1.82) is 0 Å². The Morgan fingerprint density at radius 3 is 1.38 bits per heavy atom. The summed E-state index contributed by atoms with van der Waals surface area (Å²) in [6.45, 7) is 11.5. The smallest absolute Gasteiger partial charge is 0.0558 e. The Morgan fingerprint density at radius 1 is 0.708 bits per heavy atom. The molecular formula is C22H31NO. The summed E-state index contributed by atoms with van der Waals surface area (Å²) in [7, 11) is 0. The zero-order valence-corrected chi connectivity index (χ0v) is 15.5. The van der Waals surface area contributed by atoms with E-state index in [0.717, 1.165) is 13.1 Å². The maximum absolute atomic E-state index is 9.38. The van der Waals surface area contributed by atoms with Crippen LogP contribution in [0.15, 0.2) is 48.5 Å². The van der Waals surface area contributed by atoms with Crippen LogP contribution in [0.2, 0.25) is 0 Å². The number of rotatable bonds is 8. The second-order valence-corrected chi connectivity index (χ2v) is 7.23. The van der Waals surface area contributed by atoms with Gasteiger partial charge >= 0.3 is 0 Å². The highest BCUT2D eigenvalue weighted by atomic mass is 16.3. The molecule has 2 nitrogen and oxygen atoms in total. The summed E-state index contributed by atoms with van der Waals surface area (Å²) in [6.07, 6.45) is 0. The Morgan fingerprint density at radius 2 is 1.08 bits per heavy atom. The molecule has 0 heterocycles. The van der Waals surface area contributed by atoms with E-state index in [1.54, 1.807) is 0 Å². The fourth-order valence-corrected chi connectivity index (χ4v) is 2.89. The van der Waals surface area contributed by atoms with Gasteiger partial charge in [-0.15, -0.1) is 0 Å². The number of nitrogens with zero attached hydrogens (tertiary/aromatic N) is 1. The Bertz CT molecular complexity index is 545. The van der Waals surface area contributed by atoms with Gasteiger partial charge in [0.05, 0.1) is 6.61 Å². The van der Waals surface area contributed by atoms with Crippen molar-refractivity contribution in [1.82, 2.24) is 4.90 Å². The van der Waals surface area contributed by atoms with Crippen molar-refractivity contribution >= 4 is 0 Å². The fraction of sp³-hybridized carbons (Fsp3) is 0.455. The normalized spacial score (nSPS) is 11.7. The number of aliphatic hydroxyl groups is 1. The van der Waals surface area contributed by atoms with Crippen LogP contribution in [0.1, 0.15) is 61.8 Å². The Balaban J connectivity index is 2.03. The molecule has 1 N–H and O–H groups in total. The van der Waals surface area contributed by atoms with E-state index in [0.29, 0.717) is 18.4 Å². The van der Waals surface area contributed by atoms with E-state index < -0.39 is 0 Å². The van der Waals surface area contributed by atoms with Gasteiger partial charge in [0.2, 0.25) is 0 Å². The van der Waals surface area contributed by atoms with Gasteiger partial charge in [-0.1, -0.05) is 76.2 Å². The lowest BCUT2D eigenvalue weighted by atomic mass is 10.0. The first-order valence-corrected chi connectivity index (χ1v) is 9.00. The van der Waals surface area contributed by atoms with Crippen LogP contribution >= 0.6 is 0 Å². The van der Waals surface area contributed by atoms with Gasteiger partial charge in [-0.2, -0.15) is 0 Å². The molecule has 2 aromatic rings. The van der Waals surface area contributed by atoms with Crippen LogP contribution in [0.3, 0.4) is 0 Å². The number of hydrogen-bond donors (Lipinski definition) is 1. The minimum Gasteiger partial charge on any atom is -0.395 e. The third kappa shape index (κ3) is 5.47. The molecular weight excluding hydrogens is 294 g/mol. The van der Waals surface area contributed by atoms with Gasteiger partial charge in [0.1, 0.15) is 0 Å². The average Bonchev–Trinajstić information content (AvgIpc) is 2.56. The number of benzene rings is 2. The van der Waals surface area contributed by atoms with E-state index in [1.807, 2.05) is 0 Å². The molecule has 0 saturated carbocycles. The van der Waals surface area contributed by atoms with Crippen molar-refractivity contribution in [2.45, 2.75) is 52.6 Å². The second kappa shape index (κ2) is 9.00. The summed E-state index contributed by atoms with van der Waals surface area (Å²) in [5.74, 6) is 1.12. The van der Waals surface area contributed by atoms with Gasteiger partial charge in [-0.3, -0.25) is 4.90 Å². The van der Waals surface area contributed by atoms with E-state index in [4.69, 9.17) is 0 Å². The van der Waals surface area contributed by atoms with Crippen LogP contribution < -0.4 is 0 Å². The van der Waals surface area contributed by atoms with Gasteiger partial charge in [0.15, 0.2) is 0 Å². The molecule has 2 rings (SSSR count). The largest absolute Gasteiger partial charge is 0.395 e. The van der Waals surface area contributed by atoms with Crippen LogP contribution in [-0.2, 0) is 13.1 Å². The van der Waals surface area contributed by atoms with E-state index in [-0.39, 0.29) is 6.61 Å². The van der Waals surface area contributed by atoms with E-state index in [2.05, 4.69) is 81.1 Å². The minimum atomic E-state index is 0.189. The lowest BCUT2D eigenvalue weighted by Crippen LogP contribution is -2.26. The molecule has 0 aliphatic rings. The Labute approximate surface area is 147 Å². The first kappa shape index (κ1) is 18.7. The van der Waals surface area contributed by atoms with Crippen molar-refractivity contribution in [3.63, 3.8) is 0 Å². The number of hydrogen-bond acceptors (Lipinski definition) is 2. The average molecular weight is 325 g/mol. The predicted molar refractivity (Wildman–Crippen MR) is 102 cm³/mol. The van der Waals surface area contributed by atoms with Gasteiger partial charge in [0, 0.05) is 19.6 Å². The molecule has 0 unspecified atom stereocenters. The van der Waals surface area contributed by atoms with Gasteiger partial charge in [0.25, 0.3) is 0 Å². The first-order chi connectivity index (χ1) is 11.5.